The van der Waals surface area contributed by atoms with Gasteiger partial charge in [0.25, 0.3) is 0 Å². The molecule has 3 aromatic carbocycles. The van der Waals surface area contributed by atoms with Gasteiger partial charge in [0.05, 0.1) is 19.8 Å². The van der Waals surface area contributed by atoms with E-state index in [9.17, 15) is 5.21 Å². The van der Waals surface area contributed by atoms with Gasteiger partial charge in [-0.25, -0.2) is 4.74 Å². The summed E-state index contributed by atoms with van der Waals surface area (Å²) in [4.78, 5) is 0. The van der Waals surface area contributed by atoms with Crippen LogP contribution >= 0.6 is 0 Å². The van der Waals surface area contributed by atoms with Gasteiger partial charge in [0.2, 0.25) is 0 Å². The monoisotopic (exact) mass is 417 g/mol. The van der Waals surface area contributed by atoms with Crippen LogP contribution in [0.3, 0.4) is 0 Å². The zero-order valence-corrected chi connectivity index (χ0v) is 17.4. The van der Waals surface area contributed by atoms with Crippen molar-refractivity contribution in [3.8, 4) is 0 Å². The van der Waals surface area contributed by atoms with Crippen molar-refractivity contribution in [2.45, 2.75) is 38.1 Å². The molecule has 0 aliphatic carbocycles. The highest BCUT2D eigenvalue weighted by Gasteiger charge is 2.39. The summed E-state index contributed by atoms with van der Waals surface area (Å²) >= 11 is 0. The van der Waals surface area contributed by atoms with Crippen LogP contribution in [0.4, 0.5) is 0 Å². The van der Waals surface area contributed by atoms with Crippen LogP contribution in [0.25, 0.3) is 0 Å². The first-order valence-electron chi connectivity index (χ1n) is 10.5. The van der Waals surface area contributed by atoms with Gasteiger partial charge in [-0.1, -0.05) is 91.0 Å². The Labute approximate surface area is 183 Å². The molecule has 4 rings (SSSR count). The minimum Gasteiger partial charge on any atom is -0.624 e. The molecule has 1 heterocycles. The van der Waals surface area contributed by atoms with Crippen molar-refractivity contribution in [3.05, 3.63) is 113 Å². The maximum absolute atomic E-state index is 12.4. The van der Waals surface area contributed by atoms with E-state index in [1.165, 1.54) is 0 Å². The number of hydroxylamine groups is 1. The first kappa shape index (κ1) is 21.2. The molecule has 1 aliphatic rings. The Morgan fingerprint density at radius 2 is 1.10 bits per heavy atom. The van der Waals surface area contributed by atoms with Crippen LogP contribution < -0.4 is 0 Å². The third kappa shape index (κ3) is 6.25. The SMILES string of the molecule is [O-][N+]1=C[C@@H](OCc2ccccc2)[C@H](OCc2ccccc2)[C@H](OCc2ccccc2)C1. The zero-order valence-electron chi connectivity index (χ0n) is 17.4. The molecule has 0 spiro atoms. The van der Waals surface area contributed by atoms with Crippen LogP contribution in [0, 0.1) is 5.21 Å². The molecule has 0 unspecified atom stereocenters. The van der Waals surface area contributed by atoms with Crippen LogP contribution in [0.5, 0.6) is 0 Å². The van der Waals surface area contributed by atoms with Crippen molar-refractivity contribution in [2.75, 3.05) is 6.54 Å². The lowest BCUT2D eigenvalue weighted by atomic mass is 10.0. The number of nitrogens with zero attached hydrogens (tertiary/aromatic N) is 1. The predicted octanol–water partition coefficient (Wildman–Crippen LogP) is 4.34. The van der Waals surface area contributed by atoms with E-state index in [0.717, 1.165) is 21.4 Å². The van der Waals surface area contributed by atoms with Gasteiger partial charge < -0.3 is 19.4 Å². The standard InChI is InChI=1S/C26H27NO4/c28-27-16-24(29-18-21-10-4-1-5-11-21)26(31-20-23-14-8-3-9-15-23)25(17-27)30-19-22-12-6-2-7-13-22/h1-16,24-26H,17-20H2/t24-,25-,26+/m1/s1. The van der Waals surface area contributed by atoms with E-state index in [4.69, 9.17) is 14.2 Å². The Morgan fingerprint density at radius 1 is 0.645 bits per heavy atom. The fourth-order valence-corrected chi connectivity index (χ4v) is 3.60. The smallest absolute Gasteiger partial charge is 0.182 e. The largest absolute Gasteiger partial charge is 0.624 e. The molecule has 0 saturated heterocycles. The van der Waals surface area contributed by atoms with E-state index in [-0.39, 0.29) is 6.54 Å². The normalized spacial score (nSPS) is 20.9. The third-order valence-corrected chi connectivity index (χ3v) is 5.24. The number of ether oxygens (including phenoxy) is 3. The minimum absolute atomic E-state index is 0.206. The van der Waals surface area contributed by atoms with Gasteiger partial charge in [-0.3, -0.25) is 0 Å². The van der Waals surface area contributed by atoms with E-state index in [0.29, 0.717) is 19.8 Å². The molecule has 0 radical (unpaired) electrons. The average Bonchev–Trinajstić information content (AvgIpc) is 2.82. The lowest BCUT2D eigenvalue weighted by Crippen LogP contribution is -2.52. The van der Waals surface area contributed by atoms with Crippen LogP contribution in [-0.2, 0) is 34.0 Å². The van der Waals surface area contributed by atoms with E-state index >= 15 is 0 Å². The molecule has 0 aromatic heterocycles. The summed E-state index contributed by atoms with van der Waals surface area (Å²) < 4.78 is 19.4. The summed E-state index contributed by atoms with van der Waals surface area (Å²) in [5, 5.41) is 12.4. The highest BCUT2D eigenvalue weighted by Crippen LogP contribution is 2.20. The Bertz CT molecular complexity index is 947. The molecule has 5 nitrogen and oxygen atoms in total. The second-order valence-corrected chi connectivity index (χ2v) is 7.61. The summed E-state index contributed by atoms with van der Waals surface area (Å²) in [5.41, 5.74) is 3.16. The molecule has 1 aliphatic heterocycles. The zero-order chi connectivity index (χ0) is 21.3. The van der Waals surface area contributed by atoms with Gasteiger partial charge in [-0.05, 0) is 16.7 Å². The highest BCUT2D eigenvalue weighted by molar-refractivity contribution is 5.60. The van der Waals surface area contributed by atoms with Crippen molar-refractivity contribution < 1.29 is 18.9 Å². The van der Waals surface area contributed by atoms with Gasteiger partial charge in [-0.2, -0.15) is 0 Å². The summed E-state index contributed by atoms with van der Waals surface area (Å²) in [6, 6.07) is 29.8. The van der Waals surface area contributed by atoms with E-state index in [2.05, 4.69) is 0 Å². The van der Waals surface area contributed by atoms with Crippen molar-refractivity contribution in [3.63, 3.8) is 0 Å². The van der Waals surface area contributed by atoms with Gasteiger partial charge in [0.15, 0.2) is 18.9 Å². The summed E-state index contributed by atoms with van der Waals surface area (Å²) in [5.74, 6) is 0. The van der Waals surface area contributed by atoms with Crippen LogP contribution in [-0.4, -0.2) is 35.8 Å². The molecule has 0 saturated carbocycles. The second kappa shape index (κ2) is 10.9. The fraction of sp³-hybridized carbons (Fsp3) is 0.269. The topological polar surface area (TPSA) is 53.8 Å². The van der Waals surface area contributed by atoms with Gasteiger partial charge in [0.1, 0.15) is 12.2 Å². The maximum Gasteiger partial charge on any atom is 0.182 e. The molecule has 0 bridgehead atoms. The van der Waals surface area contributed by atoms with E-state index in [1.54, 1.807) is 6.21 Å². The van der Waals surface area contributed by atoms with Crippen molar-refractivity contribution in [1.29, 1.82) is 0 Å². The molecule has 3 atom stereocenters. The fourth-order valence-electron chi connectivity index (χ4n) is 3.60. The Morgan fingerprint density at radius 3 is 1.61 bits per heavy atom. The molecule has 160 valence electrons. The molecule has 0 amide bonds. The quantitative estimate of drug-likeness (QED) is 0.384. The Balaban J connectivity index is 1.47. The molecule has 31 heavy (non-hydrogen) atoms. The lowest BCUT2D eigenvalue weighted by Gasteiger charge is -2.33. The van der Waals surface area contributed by atoms with Crippen molar-refractivity contribution in [2.24, 2.45) is 0 Å². The number of hydrogen-bond acceptors (Lipinski definition) is 4. The minimum atomic E-state index is -0.504. The van der Waals surface area contributed by atoms with Gasteiger partial charge >= 0.3 is 0 Å². The first-order chi connectivity index (χ1) is 15.3. The Kier molecular flexibility index (Phi) is 7.45. The average molecular weight is 418 g/mol. The van der Waals surface area contributed by atoms with Crippen molar-refractivity contribution in [1.82, 2.24) is 0 Å². The predicted molar refractivity (Wildman–Crippen MR) is 120 cm³/mol. The molecule has 3 aromatic rings. The molecular weight excluding hydrogens is 390 g/mol. The number of hydrogen-bond donors (Lipinski definition) is 0. The molecule has 5 heteroatoms. The number of rotatable bonds is 9. The number of benzene rings is 3. The van der Waals surface area contributed by atoms with Crippen LogP contribution in [0.15, 0.2) is 91.0 Å². The Hall–Kier alpha value is -2.99. The van der Waals surface area contributed by atoms with E-state index in [1.807, 2.05) is 91.0 Å². The maximum atomic E-state index is 12.4. The summed E-state index contributed by atoms with van der Waals surface area (Å²) in [7, 11) is 0. The first-order valence-corrected chi connectivity index (χ1v) is 10.5. The third-order valence-electron chi connectivity index (χ3n) is 5.24. The van der Waals surface area contributed by atoms with Crippen LogP contribution in [0.2, 0.25) is 0 Å². The summed E-state index contributed by atoms with van der Waals surface area (Å²) in [6.07, 6.45) is 0.252. The van der Waals surface area contributed by atoms with Crippen molar-refractivity contribution >= 4 is 6.21 Å². The van der Waals surface area contributed by atoms with Gasteiger partial charge in [-0.15, -0.1) is 0 Å². The summed E-state index contributed by atoms with van der Waals surface area (Å²) in [6.45, 7) is 1.44. The highest BCUT2D eigenvalue weighted by atomic mass is 16.6. The van der Waals surface area contributed by atoms with Crippen LogP contribution in [0.1, 0.15) is 16.7 Å². The second-order valence-electron chi connectivity index (χ2n) is 7.61. The molecule has 0 N–H and O–H groups in total. The lowest BCUT2D eigenvalue weighted by molar-refractivity contribution is -0.483. The van der Waals surface area contributed by atoms with E-state index < -0.39 is 18.3 Å². The van der Waals surface area contributed by atoms with Gasteiger partial charge in [0, 0.05) is 0 Å². The molecule has 0 fully saturated rings. The molecular formula is C26H27NO4.